The highest BCUT2D eigenvalue weighted by atomic mass is 32.2. The molecule has 0 bridgehead atoms. The quantitative estimate of drug-likeness (QED) is 0.581. The van der Waals surface area contributed by atoms with E-state index in [1.807, 2.05) is 47.9 Å². The summed E-state index contributed by atoms with van der Waals surface area (Å²) >= 11 is 1.39. The van der Waals surface area contributed by atoms with Crippen molar-refractivity contribution in [3.63, 3.8) is 0 Å². The van der Waals surface area contributed by atoms with Crippen molar-refractivity contribution in [2.24, 2.45) is 0 Å². The van der Waals surface area contributed by atoms with Crippen LogP contribution in [0.5, 0.6) is 0 Å². The summed E-state index contributed by atoms with van der Waals surface area (Å²) in [5.74, 6) is 1.17. The van der Waals surface area contributed by atoms with E-state index in [-0.39, 0.29) is 5.78 Å². The van der Waals surface area contributed by atoms with E-state index >= 15 is 0 Å². The number of aryl methyl sites for hydroxylation is 1. The van der Waals surface area contributed by atoms with Gasteiger partial charge in [-0.1, -0.05) is 30.0 Å². The Morgan fingerprint density at radius 1 is 1.19 bits per heavy atom. The lowest BCUT2D eigenvalue weighted by molar-refractivity contribution is 0.101. The number of rotatable bonds is 5. The van der Waals surface area contributed by atoms with Gasteiger partial charge in [-0.15, -0.1) is 10.2 Å². The molecule has 0 amide bonds. The normalized spacial score (nSPS) is 10.7. The molecular formula is C15H14N4OS. The Morgan fingerprint density at radius 2 is 2.00 bits per heavy atom. The van der Waals surface area contributed by atoms with Gasteiger partial charge in [0.2, 0.25) is 0 Å². The highest BCUT2D eigenvalue weighted by Crippen LogP contribution is 2.22. The number of carbonyl (C=O) groups excluding carboxylic acids is 1. The van der Waals surface area contributed by atoms with E-state index in [9.17, 15) is 4.79 Å². The van der Waals surface area contributed by atoms with Gasteiger partial charge in [0.1, 0.15) is 5.82 Å². The maximum absolute atomic E-state index is 12.0. The first-order chi connectivity index (χ1) is 10.3. The highest BCUT2D eigenvalue weighted by molar-refractivity contribution is 7.99. The Kier molecular flexibility index (Phi) is 3.87. The number of hydrogen-bond acceptors (Lipinski definition) is 4. The maximum Gasteiger partial charge on any atom is 0.196 e. The molecule has 3 rings (SSSR count). The monoisotopic (exact) mass is 298 g/mol. The number of hydrogen-bond donors (Lipinski definition) is 1. The van der Waals surface area contributed by atoms with Crippen LogP contribution in [0.25, 0.3) is 5.69 Å². The largest absolute Gasteiger partial charge is 0.359 e. The van der Waals surface area contributed by atoms with Gasteiger partial charge in [-0.25, -0.2) is 0 Å². The summed E-state index contributed by atoms with van der Waals surface area (Å²) in [5, 5.41) is 8.99. The van der Waals surface area contributed by atoms with Gasteiger partial charge in [0, 0.05) is 11.9 Å². The number of nitrogens with one attached hydrogen (secondary N) is 1. The fraction of sp³-hybridized carbons (Fsp3) is 0.133. The summed E-state index contributed by atoms with van der Waals surface area (Å²) < 4.78 is 1.95. The first-order valence-corrected chi connectivity index (χ1v) is 7.51. The molecule has 2 heterocycles. The van der Waals surface area contributed by atoms with E-state index in [0.29, 0.717) is 11.4 Å². The summed E-state index contributed by atoms with van der Waals surface area (Å²) in [6.45, 7) is 1.90. The molecule has 6 heteroatoms. The molecule has 106 valence electrons. The van der Waals surface area contributed by atoms with Crippen molar-refractivity contribution in [1.82, 2.24) is 19.7 Å². The van der Waals surface area contributed by atoms with E-state index < -0.39 is 0 Å². The zero-order chi connectivity index (χ0) is 14.7. The van der Waals surface area contributed by atoms with Crippen LogP contribution in [0.4, 0.5) is 0 Å². The highest BCUT2D eigenvalue weighted by Gasteiger charge is 2.14. The van der Waals surface area contributed by atoms with Crippen molar-refractivity contribution in [2.45, 2.75) is 12.1 Å². The Bertz CT molecular complexity index is 734. The number of para-hydroxylation sites is 1. The van der Waals surface area contributed by atoms with Gasteiger partial charge >= 0.3 is 0 Å². The molecule has 0 aliphatic heterocycles. The zero-order valence-corrected chi connectivity index (χ0v) is 12.3. The SMILES string of the molecule is Cc1nnc(SCC(=O)c2ccc[nH]2)n1-c1ccccc1. The van der Waals surface area contributed by atoms with Crippen LogP contribution in [0.2, 0.25) is 0 Å². The second-order valence-electron chi connectivity index (χ2n) is 4.50. The summed E-state index contributed by atoms with van der Waals surface area (Å²) in [6, 6.07) is 13.5. The smallest absolute Gasteiger partial charge is 0.196 e. The van der Waals surface area contributed by atoms with Crippen LogP contribution in [0.1, 0.15) is 16.3 Å². The van der Waals surface area contributed by atoms with Crippen molar-refractivity contribution in [3.8, 4) is 5.69 Å². The van der Waals surface area contributed by atoms with E-state index in [1.165, 1.54) is 11.8 Å². The summed E-state index contributed by atoms with van der Waals surface area (Å²) in [5.41, 5.74) is 1.61. The minimum absolute atomic E-state index is 0.0465. The van der Waals surface area contributed by atoms with Gasteiger partial charge in [0.15, 0.2) is 10.9 Å². The Hall–Kier alpha value is -2.34. The molecule has 0 saturated heterocycles. The Morgan fingerprint density at radius 3 is 2.71 bits per heavy atom. The number of H-pyrrole nitrogens is 1. The van der Waals surface area contributed by atoms with Crippen LogP contribution < -0.4 is 0 Å². The topological polar surface area (TPSA) is 63.6 Å². The number of carbonyl (C=O) groups is 1. The first-order valence-electron chi connectivity index (χ1n) is 6.52. The van der Waals surface area contributed by atoms with E-state index in [1.54, 1.807) is 12.3 Å². The zero-order valence-electron chi connectivity index (χ0n) is 11.5. The van der Waals surface area contributed by atoms with Gasteiger partial charge < -0.3 is 4.98 Å². The van der Waals surface area contributed by atoms with Gasteiger partial charge in [0.05, 0.1) is 11.4 Å². The van der Waals surface area contributed by atoms with Crippen LogP contribution in [0.15, 0.2) is 53.8 Å². The predicted molar refractivity (Wildman–Crippen MR) is 81.9 cm³/mol. The fourth-order valence-corrected chi connectivity index (χ4v) is 2.90. The Balaban J connectivity index is 1.79. The third kappa shape index (κ3) is 2.90. The third-order valence-electron chi connectivity index (χ3n) is 3.04. The average molecular weight is 298 g/mol. The van der Waals surface area contributed by atoms with Crippen LogP contribution in [-0.2, 0) is 0 Å². The molecule has 0 atom stereocenters. The second kappa shape index (κ2) is 5.97. The van der Waals surface area contributed by atoms with Gasteiger partial charge in [-0.2, -0.15) is 0 Å². The molecule has 0 radical (unpaired) electrons. The number of Topliss-reactive ketones (excluding diaryl/α,β-unsaturated/α-hetero) is 1. The molecule has 3 aromatic rings. The number of aromatic nitrogens is 4. The standard InChI is InChI=1S/C15H14N4OS/c1-11-17-18-15(19(11)12-6-3-2-4-7-12)21-10-14(20)13-8-5-9-16-13/h2-9,16H,10H2,1H3. The van der Waals surface area contributed by atoms with Gasteiger partial charge in [-0.05, 0) is 31.2 Å². The van der Waals surface area contributed by atoms with Crippen molar-refractivity contribution in [1.29, 1.82) is 0 Å². The summed E-state index contributed by atoms with van der Waals surface area (Å²) in [4.78, 5) is 14.9. The van der Waals surface area contributed by atoms with Gasteiger partial charge in [-0.3, -0.25) is 9.36 Å². The lowest BCUT2D eigenvalue weighted by atomic mass is 10.3. The van der Waals surface area contributed by atoms with E-state index in [4.69, 9.17) is 0 Å². The number of benzene rings is 1. The predicted octanol–water partition coefficient (Wildman–Crippen LogP) is 2.88. The third-order valence-corrected chi connectivity index (χ3v) is 3.97. The van der Waals surface area contributed by atoms with Crippen LogP contribution in [0.3, 0.4) is 0 Å². The number of thioether (sulfide) groups is 1. The summed E-state index contributed by atoms with van der Waals surface area (Å²) in [7, 11) is 0. The molecule has 21 heavy (non-hydrogen) atoms. The second-order valence-corrected chi connectivity index (χ2v) is 5.44. The minimum atomic E-state index is 0.0465. The minimum Gasteiger partial charge on any atom is -0.359 e. The number of aromatic amines is 1. The molecule has 0 saturated carbocycles. The molecule has 5 nitrogen and oxygen atoms in total. The van der Waals surface area contributed by atoms with Crippen molar-refractivity contribution in [2.75, 3.05) is 5.75 Å². The molecule has 0 aliphatic rings. The van der Waals surface area contributed by atoms with Crippen molar-refractivity contribution < 1.29 is 4.79 Å². The average Bonchev–Trinajstić information content (AvgIpc) is 3.15. The van der Waals surface area contributed by atoms with Crippen molar-refractivity contribution >= 4 is 17.5 Å². The molecule has 0 fully saturated rings. The molecular weight excluding hydrogens is 284 g/mol. The lowest BCUT2D eigenvalue weighted by Crippen LogP contribution is -2.05. The van der Waals surface area contributed by atoms with E-state index in [2.05, 4.69) is 15.2 Å². The molecule has 0 aliphatic carbocycles. The van der Waals surface area contributed by atoms with Gasteiger partial charge in [0.25, 0.3) is 0 Å². The van der Waals surface area contributed by atoms with Crippen molar-refractivity contribution in [3.05, 3.63) is 60.2 Å². The molecule has 2 aromatic heterocycles. The number of nitrogens with zero attached hydrogens (tertiary/aromatic N) is 3. The van der Waals surface area contributed by atoms with Crippen LogP contribution in [-0.4, -0.2) is 31.3 Å². The molecule has 1 aromatic carbocycles. The fourth-order valence-electron chi connectivity index (χ4n) is 2.02. The molecule has 0 spiro atoms. The molecule has 0 unspecified atom stereocenters. The Labute approximate surface area is 126 Å². The van der Waals surface area contributed by atoms with Crippen LogP contribution in [0, 0.1) is 6.92 Å². The molecule has 1 N–H and O–H groups in total. The van der Waals surface area contributed by atoms with Crippen LogP contribution >= 0.6 is 11.8 Å². The maximum atomic E-state index is 12.0. The lowest BCUT2D eigenvalue weighted by Gasteiger charge is -2.07. The van der Waals surface area contributed by atoms with E-state index in [0.717, 1.165) is 16.7 Å². The number of ketones is 1. The first kappa shape index (κ1) is 13.6. The summed E-state index contributed by atoms with van der Waals surface area (Å²) in [6.07, 6.45) is 1.74.